The summed E-state index contributed by atoms with van der Waals surface area (Å²) in [4.78, 5) is 13.9. The summed E-state index contributed by atoms with van der Waals surface area (Å²) in [5.74, 6) is 0. The van der Waals surface area contributed by atoms with Crippen LogP contribution in [0.1, 0.15) is 27.2 Å². The zero-order chi connectivity index (χ0) is 12.5. The summed E-state index contributed by atoms with van der Waals surface area (Å²) in [5.41, 5.74) is -0.438. The molecule has 5 nitrogen and oxygen atoms in total. The second-order valence-electron chi connectivity index (χ2n) is 5.64. The van der Waals surface area contributed by atoms with Crippen LogP contribution in [0, 0.1) is 0 Å². The van der Waals surface area contributed by atoms with Gasteiger partial charge in [0, 0.05) is 13.1 Å². The van der Waals surface area contributed by atoms with Gasteiger partial charge in [-0.2, -0.15) is 0 Å². The van der Waals surface area contributed by atoms with Crippen LogP contribution in [0.2, 0.25) is 0 Å². The molecule has 17 heavy (non-hydrogen) atoms. The number of piperidine rings is 1. The summed E-state index contributed by atoms with van der Waals surface area (Å²) in [6.45, 7) is 8.66. The maximum absolute atomic E-state index is 12.1. The van der Waals surface area contributed by atoms with Crippen molar-refractivity contribution < 1.29 is 14.3 Å². The summed E-state index contributed by atoms with van der Waals surface area (Å²) >= 11 is 0. The van der Waals surface area contributed by atoms with E-state index in [1.165, 1.54) is 0 Å². The van der Waals surface area contributed by atoms with Gasteiger partial charge < -0.3 is 14.8 Å². The van der Waals surface area contributed by atoms with Crippen LogP contribution in [0.3, 0.4) is 0 Å². The first kappa shape index (κ1) is 12.6. The van der Waals surface area contributed by atoms with Gasteiger partial charge in [-0.1, -0.05) is 0 Å². The number of hydrogen-bond donors (Lipinski definition) is 1. The molecule has 0 aromatic rings. The van der Waals surface area contributed by atoms with Gasteiger partial charge in [0.15, 0.2) is 0 Å². The molecule has 1 amide bonds. The number of carbonyl (C=O) groups excluding carboxylic acids is 1. The van der Waals surface area contributed by atoms with Crippen LogP contribution >= 0.6 is 0 Å². The van der Waals surface area contributed by atoms with Crippen molar-refractivity contribution in [2.24, 2.45) is 0 Å². The van der Waals surface area contributed by atoms with E-state index in [0.717, 1.165) is 19.5 Å². The molecule has 2 aliphatic heterocycles. The van der Waals surface area contributed by atoms with Crippen LogP contribution in [0.4, 0.5) is 4.79 Å². The molecule has 2 saturated heterocycles. The van der Waals surface area contributed by atoms with Crippen LogP contribution in [0.15, 0.2) is 0 Å². The molecule has 5 heteroatoms. The molecule has 2 fully saturated rings. The van der Waals surface area contributed by atoms with Crippen molar-refractivity contribution >= 4 is 6.09 Å². The van der Waals surface area contributed by atoms with Gasteiger partial charge in [-0.3, -0.25) is 4.90 Å². The van der Waals surface area contributed by atoms with Gasteiger partial charge in [-0.25, -0.2) is 4.79 Å². The van der Waals surface area contributed by atoms with Crippen molar-refractivity contribution in [3.05, 3.63) is 0 Å². The lowest BCUT2D eigenvalue weighted by molar-refractivity contribution is -0.0849. The number of hydrogen-bond acceptors (Lipinski definition) is 4. The first-order valence-corrected chi connectivity index (χ1v) is 6.29. The van der Waals surface area contributed by atoms with E-state index in [-0.39, 0.29) is 18.2 Å². The summed E-state index contributed by atoms with van der Waals surface area (Å²) in [5, 5.41) is 3.30. The molecule has 2 aliphatic rings. The maximum Gasteiger partial charge on any atom is 0.410 e. The van der Waals surface area contributed by atoms with Crippen molar-refractivity contribution in [1.29, 1.82) is 0 Å². The van der Waals surface area contributed by atoms with E-state index in [1.54, 1.807) is 0 Å². The van der Waals surface area contributed by atoms with E-state index in [4.69, 9.17) is 9.47 Å². The lowest BCUT2D eigenvalue weighted by atomic mass is 10.0. The topological polar surface area (TPSA) is 50.8 Å². The lowest BCUT2D eigenvalue weighted by Crippen LogP contribution is -2.61. The van der Waals surface area contributed by atoms with E-state index in [9.17, 15) is 4.79 Å². The second-order valence-corrected chi connectivity index (χ2v) is 5.64. The van der Waals surface area contributed by atoms with Crippen LogP contribution < -0.4 is 5.32 Å². The number of nitrogens with one attached hydrogen (secondary N) is 1. The zero-order valence-electron chi connectivity index (χ0n) is 10.9. The molecule has 0 bridgehead atoms. The summed E-state index contributed by atoms with van der Waals surface area (Å²) in [6.07, 6.45) is 0.904. The Morgan fingerprint density at radius 3 is 2.94 bits per heavy atom. The van der Waals surface area contributed by atoms with Crippen molar-refractivity contribution in [3.63, 3.8) is 0 Å². The Labute approximate surface area is 102 Å². The van der Waals surface area contributed by atoms with Gasteiger partial charge in [0.2, 0.25) is 0 Å². The molecule has 0 spiro atoms. The highest BCUT2D eigenvalue weighted by atomic mass is 16.6. The molecule has 0 saturated carbocycles. The molecular weight excluding hydrogens is 220 g/mol. The van der Waals surface area contributed by atoms with E-state index < -0.39 is 5.60 Å². The molecule has 2 atom stereocenters. The van der Waals surface area contributed by atoms with Crippen LogP contribution in [0.25, 0.3) is 0 Å². The Hall–Kier alpha value is -0.810. The Bertz CT molecular complexity index is 286. The highest BCUT2D eigenvalue weighted by Crippen LogP contribution is 2.21. The van der Waals surface area contributed by atoms with E-state index >= 15 is 0 Å². The third-order valence-electron chi connectivity index (χ3n) is 3.08. The monoisotopic (exact) mass is 242 g/mol. The van der Waals surface area contributed by atoms with Crippen LogP contribution in [0.5, 0.6) is 0 Å². The minimum atomic E-state index is -0.438. The molecular formula is C12H22N2O3. The minimum Gasteiger partial charge on any atom is -0.444 e. The summed E-state index contributed by atoms with van der Waals surface area (Å²) in [7, 11) is 0. The quantitative estimate of drug-likeness (QED) is 0.688. The average Bonchev–Trinajstić information content (AvgIpc) is 2.26. The van der Waals surface area contributed by atoms with Crippen molar-refractivity contribution in [2.45, 2.75) is 44.9 Å². The second kappa shape index (κ2) is 4.82. The summed E-state index contributed by atoms with van der Waals surface area (Å²) < 4.78 is 11.1. The fraction of sp³-hybridized carbons (Fsp3) is 0.917. The van der Waals surface area contributed by atoms with Gasteiger partial charge in [0.1, 0.15) is 5.60 Å². The number of amides is 1. The molecule has 0 aromatic heterocycles. The molecule has 2 heterocycles. The van der Waals surface area contributed by atoms with Gasteiger partial charge in [0.25, 0.3) is 0 Å². The van der Waals surface area contributed by atoms with Crippen molar-refractivity contribution in [1.82, 2.24) is 10.2 Å². The van der Waals surface area contributed by atoms with Gasteiger partial charge >= 0.3 is 6.09 Å². The normalized spacial score (nSPS) is 29.7. The van der Waals surface area contributed by atoms with Gasteiger partial charge in [-0.05, 0) is 33.7 Å². The van der Waals surface area contributed by atoms with Crippen molar-refractivity contribution in [3.8, 4) is 0 Å². The lowest BCUT2D eigenvalue weighted by Gasteiger charge is -2.43. The largest absolute Gasteiger partial charge is 0.444 e. The van der Waals surface area contributed by atoms with Gasteiger partial charge in [-0.15, -0.1) is 0 Å². The number of ether oxygens (including phenoxy) is 2. The van der Waals surface area contributed by atoms with E-state index in [0.29, 0.717) is 13.2 Å². The number of nitrogens with zero attached hydrogens (tertiary/aromatic N) is 1. The van der Waals surface area contributed by atoms with Crippen molar-refractivity contribution in [2.75, 3.05) is 26.2 Å². The Morgan fingerprint density at radius 2 is 2.24 bits per heavy atom. The minimum absolute atomic E-state index is 0.118. The standard InChI is InChI=1S/C12H22N2O3/c1-12(2,3)17-11(15)14-6-7-16-10-4-5-13-8-9(10)14/h9-10,13H,4-8H2,1-3H3/t9-,10+/m0/s1. The smallest absolute Gasteiger partial charge is 0.410 e. The van der Waals surface area contributed by atoms with Crippen LogP contribution in [-0.2, 0) is 9.47 Å². The predicted molar refractivity (Wildman–Crippen MR) is 64.0 cm³/mol. The number of morpholine rings is 1. The molecule has 0 unspecified atom stereocenters. The molecule has 1 N–H and O–H groups in total. The Balaban J connectivity index is 2.01. The molecule has 2 rings (SSSR count). The molecule has 0 aliphatic carbocycles. The van der Waals surface area contributed by atoms with E-state index in [2.05, 4.69) is 5.32 Å². The van der Waals surface area contributed by atoms with Gasteiger partial charge in [0.05, 0.1) is 18.8 Å². The third-order valence-corrected chi connectivity index (χ3v) is 3.08. The highest BCUT2D eigenvalue weighted by molar-refractivity contribution is 5.68. The number of fused-ring (bicyclic) bond motifs is 1. The number of rotatable bonds is 0. The SMILES string of the molecule is CC(C)(C)OC(=O)N1CCO[C@@H]2CCNC[C@@H]21. The third kappa shape index (κ3) is 3.10. The highest BCUT2D eigenvalue weighted by Gasteiger charge is 2.38. The van der Waals surface area contributed by atoms with Crippen LogP contribution in [-0.4, -0.2) is 55.0 Å². The first-order valence-electron chi connectivity index (χ1n) is 6.29. The fourth-order valence-corrected chi connectivity index (χ4v) is 2.34. The maximum atomic E-state index is 12.1. The Kier molecular flexibility index (Phi) is 3.58. The molecule has 98 valence electrons. The molecule has 0 aromatic carbocycles. The Morgan fingerprint density at radius 1 is 1.47 bits per heavy atom. The predicted octanol–water partition coefficient (Wildman–Crippen LogP) is 0.984. The fourth-order valence-electron chi connectivity index (χ4n) is 2.34. The van der Waals surface area contributed by atoms with E-state index in [1.807, 2.05) is 25.7 Å². The molecule has 0 radical (unpaired) electrons. The number of carbonyl (C=O) groups is 1. The average molecular weight is 242 g/mol. The summed E-state index contributed by atoms with van der Waals surface area (Å²) in [6, 6.07) is 0.118. The zero-order valence-corrected chi connectivity index (χ0v) is 10.9. The first-order chi connectivity index (χ1) is 7.97.